The number of halogens is 2. The molecule has 0 bridgehead atoms. The Morgan fingerprint density at radius 3 is 2.42 bits per heavy atom. The number of aromatic carboxylic acids is 1. The number of rotatable bonds is 10. The van der Waals surface area contributed by atoms with E-state index in [4.69, 9.17) is 14.5 Å². The highest BCUT2D eigenvalue weighted by Gasteiger charge is 2.26. The lowest BCUT2D eigenvalue weighted by atomic mass is 9.93. The topological polar surface area (TPSA) is 107 Å². The molecule has 0 unspecified atom stereocenters. The Balaban J connectivity index is 1.10. The first-order valence-electron chi connectivity index (χ1n) is 14.4. The maximum absolute atomic E-state index is 14.4. The van der Waals surface area contributed by atoms with E-state index in [0.29, 0.717) is 13.1 Å². The number of imidazole rings is 1. The molecule has 2 fully saturated rings. The highest BCUT2D eigenvalue weighted by Crippen LogP contribution is 2.30. The molecule has 2 aromatic heterocycles. The summed E-state index contributed by atoms with van der Waals surface area (Å²) in [5.74, 6) is -1.68. The summed E-state index contributed by atoms with van der Waals surface area (Å²) in [4.78, 5) is 34.9. The summed E-state index contributed by atoms with van der Waals surface area (Å²) in [5.41, 5.74) is 2.39. The number of carboxylic acids is 1. The van der Waals surface area contributed by atoms with Crippen molar-refractivity contribution in [2.24, 2.45) is 0 Å². The van der Waals surface area contributed by atoms with Crippen molar-refractivity contribution in [2.75, 3.05) is 19.7 Å². The molecule has 1 atom stereocenters. The summed E-state index contributed by atoms with van der Waals surface area (Å²) in [7, 11) is 0. The summed E-state index contributed by atoms with van der Waals surface area (Å²) in [6, 6.07) is 12.5. The molecule has 43 heavy (non-hydrogen) atoms. The van der Waals surface area contributed by atoms with Crippen molar-refractivity contribution in [3.63, 3.8) is 0 Å². The molecular formula is C32H32F2N4O5. The van der Waals surface area contributed by atoms with Crippen LogP contribution in [0.3, 0.4) is 0 Å². The second-order valence-corrected chi connectivity index (χ2v) is 11.1. The van der Waals surface area contributed by atoms with Gasteiger partial charge in [-0.15, -0.1) is 0 Å². The van der Waals surface area contributed by atoms with Crippen LogP contribution in [0.4, 0.5) is 8.78 Å². The fourth-order valence-electron chi connectivity index (χ4n) is 5.68. The van der Waals surface area contributed by atoms with E-state index in [1.54, 1.807) is 24.3 Å². The van der Waals surface area contributed by atoms with Crippen molar-refractivity contribution in [1.29, 1.82) is 0 Å². The molecule has 4 aromatic rings. The van der Waals surface area contributed by atoms with Gasteiger partial charge < -0.3 is 19.1 Å². The molecule has 11 heteroatoms. The fourth-order valence-corrected chi connectivity index (χ4v) is 5.68. The van der Waals surface area contributed by atoms with Crippen LogP contribution in [0.15, 0.2) is 48.5 Å². The number of benzene rings is 2. The lowest BCUT2D eigenvalue weighted by molar-refractivity contribution is -0.0592. The Bertz CT molecular complexity index is 1650. The van der Waals surface area contributed by atoms with Crippen LogP contribution in [0.25, 0.3) is 11.0 Å². The number of nitrogens with zero attached hydrogens (tertiary/aromatic N) is 4. The number of Topliss-reactive ketones (excluding diaryl/α,β-unsaturated/α-hetero) is 1. The average Bonchev–Trinajstić information content (AvgIpc) is 3.30. The molecule has 2 aliphatic rings. The summed E-state index contributed by atoms with van der Waals surface area (Å²) in [5, 5.41) is 9.49. The third kappa shape index (κ3) is 6.28. The first kappa shape index (κ1) is 28.9. The third-order valence-corrected chi connectivity index (χ3v) is 8.28. The molecule has 0 spiro atoms. The number of aromatic nitrogens is 3. The first-order chi connectivity index (χ1) is 20.7. The van der Waals surface area contributed by atoms with Gasteiger partial charge in [0, 0.05) is 29.8 Å². The molecule has 224 valence electrons. The van der Waals surface area contributed by atoms with Gasteiger partial charge in [0.1, 0.15) is 24.1 Å². The number of pyridine rings is 1. The molecule has 2 aromatic carbocycles. The standard InChI is InChI=1S/C32H32F2N4O5/c1-19(39)22-13-25(33)24(26(34)14-22)18-43-31-4-2-3-27(36-31)20-7-10-37(11-8-20)17-30-35-28-6-5-21(32(40)41)15-29(28)38(30)16-23-9-12-42-23/h2-6,13-15,20,23H,7-12,16-18H2,1H3,(H,40,41)/t23-/m0/s1. The molecule has 6 rings (SSSR count). The Kier molecular flexibility index (Phi) is 8.18. The van der Waals surface area contributed by atoms with Crippen LogP contribution in [-0.2, 0) is 24.4 Å². The van der Waals surface area contributed by atoms with Gasteiger partial charge in [0.05, 0.1) is 41.4 Å². The molecule has 0 aliphatic carbocycles. The number of likely N-dealkylation sites (tertiary alicyclic amines) is 1. The molecule has 0 amide bonds. The first-order valence-corrected chi connectivity index (χ1v) is 14.4. The minimum absolute atomic E-state index is 0.0258. The van der Waals surface area contributed by atoms with E-state index >= 15 is 0 Å². The van der Waals surface area contributed by atoms with Gasteiger partial charge in [-0.2, -0.15) is 0 Å². The Morgan fingerprint density at radius 2 is 1.77 bits per heavy atom. The molecule has 4 heterocycles. The van der Waals surface area contributed by atoms with E-state index in [0.717, 1.165) is 73.6 Å². The van der Waals surface area contributed by atoms with E-state index < -0.39 is 23.4 Å². The van der Waals surface area contributed by atoms with Gasteiger partial charge in [0.2, 0.25) is 5.88 Å². The number of carbonyl (C=O) groups excluding carboxylic acids is 1. The van der Waals surface area contributed by atoms with Crippen molar-refractivity contribution in [3.05, 3.63) is 88.4 Å². The van der Waals surface area contributed by atoms with Crippen molar-refractivity contribution >= 4 is 22.8 Å². The minimum atomic E-state index is -0.969. The van der Waals surface area contributed by atoms with Gasteiger partial charge in [-0.3, -0.25) is 9.69 Å². The van der Waals surface area contributed by atoms with E-state index in [1.165, 1.54) is 6.92 Å². The minimum Gasteiger partial charge on any atom is -0.478 e. The molecule has 2 aliphatic heterocycles. The van der Waals surface area contributed by atoms with Gasteiger partial charge in [0.15, 0.2) is 5.78 Å². The smallest absolute Gasteiger partial charge is 0.335 e. The zero-order valence-electron chi connectivity index (χ0n) is 23.8. The van der Waals surface area contributed by atoms with Crippen molar-refractivity contribution in [3.8, 4) is 5.88 Å². The number of piperidine rings is 1. The van der Waals surface area contributed by atoms with Crippen LogP contribution in [0, 0.1) is 11.6 Å². The zero-order valence-corrected chi connectivity index (χ0v) is 23.8. The number of fused-ring (bicyclic) bond motifs is 1. The second kappa shape index (κ2) is 12.2. The Morgan fingerprint density at radius 1 is 1.02 bits per heavy atom. The predicted octanol–water partition coefficient (Wildman–Crippen LogP) is 5.36. The molecule has 0 radical (unpaired) electrons. The number of hydrogen-bond acceptors (Lipinski definition) is 7. The lowest BCUT2D eigenvalue weighted by Gasteiger charge is -2.32. The SMILES string of the molecule is CC(=O)c1cc(F)c(COc2cccc(C3CCN(Cc4nc5ccc(C(=O)O)cc5n4C[C@@H]4CCO4)CC3)n2)c(F)c1. The largest absolute Gasteiger partial charge is 0.478 e. The zero-order chi connectivity index (χ0) is 30.1. The van der Waals surface area contributed by atoms with Gasteiger partial charge in [0.25, 0.3) is 0 Å². The number of carboxylic acid groups (broad SMARTS) is 1. The quantitative estimate of drug-likeness (QED) is 0.246. The summed E-state index contributed by atoms with van der Waals surface area (Å²) >= 11 is 0. The molecule has 1 N–H and O–H groups in total. The van der Waals surface area contributed by atoms with E-state index in [2.05, 4.69) is 14.5 Å². The normalized spacial score (nSPS) is 17.6. The highest BCUT2D eigenvalue weighted by molar-refractivity contribution is 5.94. The summed E-state index contributed by atoms with van der Waals surface area (Å²) in [6.45, 7) is 4.56. The van der Waals surface area contributed by atoms with Crippen LogP contribution in [0.2, 0.25) is 0 Å². The van der Waals surface area contributed by atoms with E-state index in [-0.39, 0.29) is 41.2 Å². The third-order valence-electron chi connectivity index (χ3n) is 8.28. The number of carbonyl (C=O) groups is 2. The molecule has 2 saturated heterocycles. The van der Waals surface area contributed by atoms with Gasteiger partial charge in [-0.05, 0) is 75.7 Å². The number of ketones is 1. The molecule has 9 nitrogen and oxygen atoms in total. The van der Waals surface area contributed by atoms with Crippen molar-refractivity contribution in [1.82, 2.24) is 19.4 Å². The van der Waals surface area contributed by atoms with Crippen LogP contribution in [-0.4, -0.2) is 62.1 Å². The van der Waals surface area contributed by atoms with E-state index in [9.17, 15) is 23.5 Å². The Labute approximate surface area is 247 Å². The molecular weight excluding hydrogens is 558 g/mol. The van der Waals surface area contributed by atoms with Crippen molar-refractivity contribution < 1.29 is 33.0 Å². The fraction of sp³-hybridized carbons (Fsp3) is 0.375. The van der Waals surface area contributed by atoms with Gasteiger partial charge >= 0.3 is 5.97 Å². The highest BCUT2D eigenvalue weighted by atomic mass is 19.1. The van der Waals surface area contributed by atoms with E-state index in [1.807, 2.05) is 12.1 Å². The maximum Gasteiger partial charge on any atom is 0.335 e. The van der Waals surface area contributed by atoms with Gasteiger partial charge in [-0.25, -0.2) is 23.5 Å². The van der Waals surface area contributed by atoms with Crippen molar-refractivity contribution in [2.45, 2.75) is 57.9 Å². The lowest BCUT2D eigenvalue weighted by Crippen LogP contribution is -2.35. The number of hydrogen-bond donors (Lipinski definition) is 1. The number of ether oxygens (including phenoxy) is 2. The average molecular weight is 591 g/mol. The second-order valence-electron chi connectivity index (χ2n) is 11.1. The monoisotopic (exact) mass is 590 g/mol. The Hall–Kier alpha value is -4.22. The van der Waals surface area contributed by atoms with Crippen LogP contribution in [0.1, 0.15) is 69.9 Å². The maximum atomic E-state index is 14.4. The molecule has 0 saturated carbocycles. The van der Waals surface area contributed by atoms with Gasteiger partial charge in [-0.1, -0.05) is 6.07 Å². The summed E-state index contributed by atoms with van der Waals surface area (Å²) in [6.07, 6.45) is 2.79. The van der Waals surface area contributed by atoms with Crippen LogP contribution in [0.5, 0.6) is 5.88 Å². The van der Waals surface area contributed by atoms with Crippen LogP contribution < -0.4 is 4.74 Å². The summed E-state index contributed by atoms with van der Waals surface area (Å²) < 4.78 is 42.3. The van der Waals surface area contributed by atoms with Crippen LogP contribution >= 0.6 is 0 Å². The predicted molar refractivity (Wildman–Crippen MR) is 153 cm³/mol.